The van der Waals surface area contributed by atoms with E-state index in [2.05, 4.69) is 17.9 Å². The molecule has 0 N–H and O–H groups in total. The zero-order chi connectivity index (χ0) is 9.26. The van der Waals surface area contributed by atoms with Gasteiger partial charge < -0.3 is 0 Å². The van der Waals surface area contributed by atoms with E-state index in [0.717, 1.165) is 24.9 Å². The highest BCUT2D eigenvalue weighted by atomic mass is 15.3. The number of nitrogens with zero attached hydrogens (tertiary/aromatic N) is 2. The van der Waals surface area contributed by atoms with Gasteiger partial charge in [-0.25, -0.2) is 0 Å². The van der Waals surface area contributed by atoms with Crippen molar-refractivity contribution in [1.29, 1.82) is 5.26 Å². The standard InChI is InChI=1S/C11H18N2/c1-2-9(7-8-12)13-10-3-4-11(13)6-5-10/h9-11H,2-7H2,1H3. The highest BCUT2D eigenvalue weighted by Gasteiger charge is 2.42. The monoisotopic (exact) mass is 178 g/mol. The van der Waals surface area contributed by atoms with Gasteiger partial charge in [0.15, 0.2) is 0 Å². The Morgan fingerprint density at radius 3 is 2.23 bits per heavy atom. The molecule has 0 amide bonds. The van der Waals surface area contributed by atoms with Crippen LogP contribution in [0.5, 0.6) is 0 Å². The van der Waals surface area contributed by atoms with Crippen LogP contribution in [-0.2, 0) is 0 Å². The maximum atomic E-state index is 8.74. The molecule has 2 heterocycles. The molecular weight excluding hydrogens is 160 g/mol. The Balaban J connectivity index is 2.03. The van der Waals surface area contributed by atoms with Crippen LogP contribution < -0.4 is 0 Å². The van der Waals surface area contributed by atoms with Crippen molar-refractivity contribution in [3.63, 3.8) is 0 Å². The molecule has 13 heavy (non-hydrogen) atoms. The first-order valence-corrected chi connectivity index (χ1v) is 5.51. The number of hydrogen-bond donors (Lipinski definition) is 0. The molecule has 2 fully saturated rings. The van der Waals surface area contributed by atoms with Gasteiger partial charge in [0, 0.05) is 18.1 Å². The van der Waals surface area contributed by atoms with Gasteiger partial charge in [0.2, 0.25) is 0 Å². The Kier molecular flexibility index (Phi) is 2.55. The molecule has 2 nitrogen and oxygen atoms in total. The average Bonchev–Trinajstić information content (AvgIpc) is 2.73. The van der Waals surface area contributed by atoms with Crippen molar-refractivity contribution >= 4 is 0 Å². The first-order chi connectivity index (χ1) is 6.36. The van der Waals surface area contributed by atoms with Crippen molar-refractivity contribution in [3.05, 3.63) is 0 Å². The zero-order valence-electron chi connectivity index (χ0n) is 8.37. The summed E-state index contributed by atoms with van der Waals surface area (Å²) in [5.74, 6) is 0. The van der Waals surface area contributed by atoms with E-state index in [1.807, 2.05) is 0 Å². The molecule has 0 saturated carbocycles. The third-order valence-electron chi connectivity index (χ3n) is 3.73. The minimum absolute atomic E-state index is 0.546. The second-order valence-corrected chi connectivity index (χ2v) is 4.33. The molecule has 2 saturated heterocycles. The second-order valence-electron chi connectivity index (χ2n) is 4.33. The van der Waals surface area contributed by atoms with Gasteiger partial charge in [-0.15, -0.1) is 0 Å². The highest BCUT2D eigenvalue weighted by molar-refractivity contribution is 4.99. The first kappa shape index (κ1) is 9.02. The summed E-state index contributed by atoms with van der Waals surface area (Å²) in [7, 11) is 0. The number of nitriles is 1. The van der Waals surface area contributed by atoms with Crippen molar-refractivity contribution in [3.8, 4) is 6.07 Å². The molecule has 0 aromatic rings. The van der Waals surface area contributed by atoms with Crippen molar-refractivity contribution in [2.75, 3.05) is 0 Å². The van der Waals surface area contributed by atoms with Crippen molar-refractivity contribution in [2.24, 2.45) is 0 Å². The molecule has 1 atom stereocenters. The average molecular weight is 178 g/mol. The van der Waals surface area contributed by atoms with Crippen LogP contribution in [0, 0.1) is 11.3 Å². The molecule has 0 radical (unpaired) electrons. The van der Waals surface area contributed by atoms with Gasteiger partial charge in [-0.2, -0.15) is 5.26 Å². The van der Waals surface area contributed by atoms with E-state index in [1.165, 1.54) is 25.7 Å². The van der Waals surface area contributed by atoms with Crippen LogP contribution in [0.3, 0.4) is 0 Å². The predicted molar refractivity (Wildman–Crippen MR) is 52.2 cm³/mol. The fraction of sp³-hybridized carbons (Fsp3) is 0.909. The zero-order valence-corrected chi connectivity index (χ0v) is 8.37. The van der Waals surface area contributed by atoms with E-state index >= 15 is 0 Å². The Morgan fingerprint density at radius 2 is 1.85 bits per heavy atom. The third-order valence-corrected chi connectivity index (χ3v) is 3.73. The van der Waals surface area contributed by atoms with Gasteiger partial charge >= 0.3 is 0 Å². The van der Waals surface area contributed by atoms with E-state index in [-0.39, 0.29) is 0 Å². The molecular formula is C11H18N2. The highest BCUT2D eigenvalue weighted by Crippen LogP contribution is 2.39. The largest absolute Gasteiger partial charge is 0.293 e. The van der Waals surface area contributed by atoms with Crippen LogP contribution in [-0.4, -0.2) is 23.0 Å². The summed E-state index contributed by atoms with van der Waals surface area (Å²) in [6, 6.07) is 4.51. The van der Waals surface area contributed by atoms with Crippen molar-refractivity contribution in [1.82, 2.24) is 4.90 Å². The summed E-state index contributed by atoms with van der Waals surface area (Å²) in [5.41, 5.74) is 0. The fourth-order valence-corrected chi connectivity index (χ4v) is 3.11. The van der Waals surface area contributed by atoms with Crippen LogP contribution in [0.2, 0.25) is 0 Å². The maximum absolute atomic E-state index is 8.74. The van der Waals surface area contributed by atoms with Gasteiger partial charge in [-0.1, -0.05) is 6.92 Å². The topological polar surface area (TPSA) is 27.0 Å². The van der Waals surface area contributed by atoms with E-state index in [1.54, 1.807) is 0 Å². The second kappa shape index (κ2) is 3.67. The quantitative estimate of drug-likeness (QED) is 0.663. The summed E-state index contributed by atoms with van der Waals surface area (Å²) in [6.45, 7) is 2.21. The van der Waals surface area contributed by atoms with Gasteiger partial charge in [0.05, 0.1) is 12.5 Å². The lowest BCUT2D eigenvalue weighted by molar-refractivity contribution is 0.172. The lowest BCUT2D eigenvalue weighted by Gasteiger charge is -2.29. The van der Waals surface area contributed by atoms with E-state index in [0.29, 0.717) is 6.04 Å². The lowest BCUT2D eigenvalue weighted by atomic mass is 10.0. The summed E-state index contributed by atoms with van der Waals surface area (Å²) >= 11 is 0. The van der Waals surface area contributed by atoms with E-state index in [4.69, 9.17) is 5.26 Å². The van der Waals surface area contributed by atoms with Gasteiger partial charge in [0.25, 0.3) is 0 Å². The molecule has 1 unspecified atom stereocenters. The molecule has 72 valence electrons. The molecule has 2 rings (SSSR count). The van der Waals surface area contributed by atoms with Crippen LogP contribution in [0.4, 0.5) is 0 Å². The third kappa shape index (κ3) is 1.46. The van der Waals surface area contributed by atoms with Crippen LogP contribution in [0.25, 0.3) is 0 Å². The van der Waals surface area contributed by atoms with Gasteiger partial charge in [-0.3, -0.25) is 4.90 Å². The summed E-state index contributed by atoms with van der Waals surface area (Å²) in [6.07, 6.45) is 7.39. The minimum atomic E-state index is 0.546. The van der Waals surface area contributed by atoms with Crippen LogP contribution in [0.1, 0.15) is 45.4 Å². The van der Waals surface area contributed by atoms with Gasteiger partial charge in [0.1, 0.15) is 0 Å². The van der Waals surface area contributed by atoms with Crippen LogP contribution >= 0.6 is 0 Å². The molecule has 2 aliphatic heterocycles. The molecule has 2 aliphatic rings. The molecule has 0 aromatic heterocycles. The number of rotatable bonds is 3. The molecule has 0 spiro atoms. The first-order valence-electron chi connectivity index (χ1n) is 5.51. The summed E-state index contributed by atoms with van der Waals surface area (Å²) in [4.78, 5) is 2.64. The lowest BCUT2D eigenvalue weighted by Crippen LogP contribution is -2.38. The van der Waals surface area contributed by atoms with E-state index < -0.39 is 0 Å². The maximum Gasteiger partial charge on any atom is 0.0638 e. The summed E-state index contributed by atoms with van der Waals surface area (Å²) in [5, 5.41) is 8.74. The van der Waals surface area contributed by atoms with Crippen molar-refractivity contribution < 1.29 is 0 Å². The van der Waals surface area contributed by atoms with Gasteiger partial charge in [-0.05, 0) is 32.1 Å². The number of hydrogen-bond acceptors (Lipinski definition) is 2. The Bertz CT molecular complexity index is 199. The van der Waals surface area contributed by atoms with E-state index in [9.17, 15) is 0 Å². The molecule has 0 aromatic carbocycles. The normalized spacial score (nSPS) is 34.8. The smallest absolute Gasteiger partial charge is 0.0638 e. The summed E-state index contributed by atoms with van der Waals surface area (Å²) < 4.78 is 0. The van der Waals surface area contributed by atoms with Crippen molar-refractivity contribution in [2.45, 2.75) is 63.6 Å². The molecule has 2 heteroatoms. The Labute approximate surface area is 80.5 Å². The fourth-order valence-electron chi connectivity index (χ4n) is 3.11. The minimum Gasteiger partial charge on any atom is -0.293 e. The molecule has 0 aliphatic carbocycles. The predicted octanol–water partition coefficient (Wildman–Crippen LogP) is 2.31. The Morgan fingerprint density at radius 1 is 1.31 bits per heavy atom. The SMILES string of the molecule is CCC(CC#N)N1C2CCC1CC2. The Hall–Kier alpha value is -0.550. The molecule has 2 bridgehead atoms. The number of fused-ring (bicyclic) bond motifs is 2. The van der Waals surface area contributed by atoms with Crippen LogP contribution in [0.15, 0.2) is 0 Å².